The summed E-state index contributed by atoms with van der Waals surface area (Å²) in [4.78, 5) is 0. The van der Waals surface area contributed by atoms with E-state index in [1.807, 2.05) is 0 Å². The zero-order valence-electron chi connectivity index (χ0n) is 12.3. The van der Waals surface area contributed by atoms with Crippen LogP contribution < -0.4 is 0 Å². The van der Waals surface area contributed by atoms with Crippen LogP contribution in [0.2, 0.25) is 0 Å². The zero-order valence-corrected chi connectivity index (χ0v) is 16.3. The van der Waals surface area contributed by atoms with Gasteiger partial charge in [-0.25, -0.2) is 0 Å². The third-order valence-corrected chi connectivity index (χ3v) is 6.77. The molecule has 0 aromatic rings. The molecule has 0 aliphatic rings. The van der Waals surface area contributed by atoms with Crippen molar-refractivity contribution in [2.45, 2.75) is 0 Å². The van der Waals surface area contributed by atoms with Gasteiger partial charge in [0.15, 0.2) is 0 Å². The summed E-state index contributed by atoms with van der Waals surface area (Å²) >= 11 is 0. The monoisotopic (exact) mass is 360 g/mol. The van der Waals surface area contributed by atoms with E-state index in [4.69, 9.17) is 14.0 Å². The first-order chi connectivity index (χ1) is 8.52. The molecule has 0 fully saturated rings. The summed E-state index contributed by atoms with van der Waals surface area (Å²) in [6.07, 6.45) is 6.06. The van der Waals surface area contributed by atoms with Gasteiger partial charge in [0.1, 0.15) is 0 Å². The average Bonchev–Trinajstić information content (AvgIpc) is 2.41. The molecule has 0 atom stereocenters. The molecule has 0 aliphatic carbocycles. The SMILES string of the molecule is CP(C)CCP(C)CCP(C)C.[C-]#[O+].[C-]#[O+].[C-]#[O+].[Cr]. The summed E-state index contributed by atoms with van der Waals surface area (Å²) in [7, 11) is 1.11. The van der Waals surface area contributed by atoms with Crippen molar-refractivity contribution in [3.63, 3.8) is 0 Å². The summed E-state index contributed by atoms with van der Waals surface area (Å²) in [6.45, 7) is 25.6. The second kappa shape index (κ2) is 31.4. The number of hydrogen-bond acceptors (Lipinski definition) is 0. The van der Waals surface area contributed by atoms with Gasteiger partial charge in [-0.05, 0) is 58.0 Å². The van der Waals surface area contributed by atoms with Crippen LogP contribution in [0, 0.1) is 20.0 Å². The second-order valence-electron chi connectivity index (χ2n) is 3.91. The molecule has 0 radical (unpaired) electrons. The fraction of sp³-hybridized carbons (Fsp3) is 0.750. The Kier molecular flexibility index (Phi) is 53.1. The van der Waals surface area contributed by atoms with Crippen LogP contribution >= 0.6 is 23.8 Å². The molecular formula is C12H23CrO3P3. The van der Waals surface area contributed by atoms with E-state index in [2.05, 4.69) is 53.3 Å². The van der Waals surface area contributed by atoms with Crippen LogP contribution in [0.4, 0.5) is 0 Å². The van der Waals surface area contributed by atoms with Gasteiger partial charge in [0, 0.05) is 17.4 Å². The Bertz CT molecular complexity index is 180. The standard InChI is InChI=1S/C9H23P3.3CO.Cr/c1-10(2)6-8-12(5)9-7-11(3)4;3*1-2;/h6-9H2,1-5H3;;;;. The van der Waals surface area contributed by atoms with Crippen molar-refractivity contribution in [1.82, 2.24) is 0 Å². The zero-order chi connectivity index (χ0) is 15.6. The molecule has 3 nitrogen and oxygen atoms in total. The molecular weight excluding hydrogens is 337 g/mol. The Morgan fingerprint density at radius 1 is 0.579 bits per heavy atom. The van der Waals surface area contributed by atoms with Crippen LogP contribution in [0.1, 0.15) is 0 Å². The minimum absolute atomic E-state index is 0. The van der Waals surface area contributed by atoms with E-state index in [1.165, 1.54) is 24.6 Å². The van der Waals surface area contributed by atoms with Crippen molar-refractivity contribution in [2.24, 2.45) is 0 Å². The van der Waals surface area contributed by atoms with E-state index in [-0.39, 0.29) is 17.4 Å². The van der Waals surface area contributed by atoms with Crippen LogP contribution in [0.25, 0.3) is 0 Å². The van der Waals surface area contributed by atoms with Gasteiger partial charge < -0.3 is 0 Å². The molecule has 110 valence electrons. The van der Waals surface area contributed by atoms with Gasteiger partial charge in [0.2, 0.25) is 0 Å². The van der Waals surface area contributed by atoms with Gasteiger partial charge in [0.05, 0.1) is 0 Å². The summed E-state index contributed by atoms with van der Waals surface area (Å²) < 4.78 is 22.5. The van der Waals surface area contributed by atoms with E-state index in [0.29, 0.717) is 23.8 Å². The topological polar surface area (TPSA) is 59.7 Å². The Balaban J connectivity index is -0.0000000816. The first-order valence-electron chi connectivity index (χ1n) is 5.11. The van der Waals surface area contributed by atoms with Crippen molar-refractivity contribution >= 4 is 23.8 Å². The molecule has 0 saturated heterocycles. The van der Waals surface area contributed by atoms with Crippen LogP contribution in [-0.2, 0) is 31.3 Å². The van der Waals surface area contributed by atoms with Crippen LogP contribution in [0.5, 0.6) is 0 Å². The summed E-state index contributed by atoms with van der Waals surface area (Å²) in [6, 6.07) is 0. The van der Waals surface area contributed by atoms with Gasteiger partial charge >= 0.3 is 33.9 Å². The molecule has 19 heavy (non-hydrogen) atoms. The van der Waals surface area contributed by atoms with Crippen molar-refractivity contribution in [1.29, 1.82) is 0 Å². The molecule has 0 unspecified atom stereocenters. The van der Waals surface area contributed by atoms with Crippen molar-refractivity contribution in [3.05, 3.63) is 20.0 Å². The van der Waals surface area contributed by atoms with Crippen LogP contribution in [0.15, 0.2) is 0 Å². The summed E-state index contributed by atoms with van der Waals surface area (Å²) in [5.74, 6) is 0. The number of rotatable bonds is 6. The molecule has 0 bridgehead atoms. The quantitative estimate of drug-likeness (QED) is 0.396. The Labute approximate surface area is 133 Å². The van der Waals surface area contributed by atoms with Gasteiger partial charge in [0.25, 0.3) is 0 Å². The van der Waals surface area contributed by atoms with Crippen LogP contribution in [-0.4, -0.2) is 58.0 Å². The van der Waals surface area contributed by atoms with Crippen molar-refractivity contribution in [3.8, 4) is 0 Å². The predicted octanol–water partition coefficient (Wildman–Crippen LogP) is 3.47. The first kappa shape index (κ1) is 32.1. The Morgan fingerprint density at radius 3 is 0.947 bits per heavy atom. The van der Waals surface area contributed by atoms with Crippen molar-refractivity contribution in [2.75, 3.05) is 58.0 Å². The van der Waals surface area contributed by atoms with E-state index < -0.39 is 0 Å². The van der Waals surface area contributed by atoms with Gasteiger partial charge in [-0.3, -0.25) is 0 Å². The fourth-order valence-electron chi connectivity index (χ4n) is 0.853. The van der Waals surface area contributed by atoms with E-state index in [9.17, 15) is 0 Å². The third kappa shape index (κ3) is 45.4. The molecule has 0 N–H and O–H groups in total. The normalized spacial score (nSPS) is 7.89. The summed E-state index contributed by atoms with van der Waals surface area (Å²) in [5, 5.41) is 0. The maximum Gasteiger partial charge on any atom is 0 e. The fourth-order valence-corrected chi connectivity index (χ4v) is 7.01. The Morgan fingerprint density at radius 2 is 0.789 bits per heavy atom. The van der Waals surface area contributed by atoms with Gasteiger partial charge in [-0.1, -0.05) is 0 Å². The Hall–Kier alpha value is 1.04. The largest absolute Gasteiger partial charge is 0 e. The average molecular weight is 360 g/mol. The summed E-state index contributed by atoms with van der Waals surface area (Å²) in [5.41, 5.74) is 0. The first-order valence-corrected chi connectivity index (χ1v) is 12.1. The maximum absolute atomic E-state index is 7.50. The molecule has 0 saturated carbocycles. The molecule has 0 aromatic carbocycles. The van der Waals surface area contributed by atoms with Crippen molar-refractivity contribution < 1.29 is 31.3 Å². The maximum atomic E-state index is 7.50. The second-order valence-corrected chi connectivity index (χ2v) is 11.7. The van der Waals surface area contributed by atoms with Gasteiger partial charge in [-0.15, -0.1) is 23.8 Å². The van der Waals surface area contributed by atoms with Gasteiger partial charge in [-0.2, -0.15) is 0 Å². The molecule has 7 heteroatoms. The third-order valence-electron chi connectivity index (χ3n) is 1.86. The molecule has 0 aliphatic heterocycles. The minimum Gasteiger partial charge on any atom is 0 e. The van der Waals surface area contributed by atoms with Crippen LogP contribution in [0.3, 0.4) is 0 Å². The molecule has 0 amide bonds. The van der Waals surface area contributed by atoms with E-state index in [0.717, 1.165) is 0 Å². The molecule has 0 spiro atoms. The molecule has 0 aromatic heterocycles. The van der Waals surface area contributed by atoms with E-state index in [1.54, 1.807) is 0 Å². The van der Waals surface area contributed by atoms with E-state index >= 15 is 0 Å². The molecule has 0 rings (SSSR count). The number of hydrogen-bond donors (Lipinski definition) is 0. The minimum atomic E-state index is 0. The molecule has 0 heterocycles. The smallest absolute Gasteiger partial charge is 0 e. The predicted molar refractivity (Wildman–Crippen MR) is 81.6 cm³/mol.